The number of hydrogen-bond donors (Lipinski definition) is 2. The monoisotopic (exact) mass is 349 g/mol. The van der Waals surface area contributed by atoms with E-state index in [1.165, 1.54) is 19.5 Å². The maximum atomic E-state index is 11.7. The van der Waals surface area contributed by atoms with E-state index in [1.807, 2.05) is 0 Å². The van der Waals surface area contributed by atoms with Crippen LogP contribution in [0.25, 0.3) is 0 Å². The van der Waals surface area contributed by atoms with Crippen LogP contribution in [0.3, 0.4) is 0 Å². The van der Waals surface area contributed by atoms with Crippen molar-refractivity contribution in [2.24, 2.45) is 5.10 Å². The molecule has 7 heteroatoms. The van der Waals surface area contributed by atoms with E-state index < -0.39 is 0 Å². The van der Waals surface area contributed by atoms with Gasteiger partial charge in [-0.15, -0.1) is 0 Å². The number of methoxy groups -OCH3 is 1. The molecule has 0 bridgehead atoms. The summed E-state index contributed by atoms with van der Waals surface area (Å²) in [5.74, 6) is -0.134. The van der Waals surface area contributed by atoms with Crippen molar-refractivity contribution in [3.8, 4) is 11.5 Å². The van der Waals surface area contributed by atoms with Crippen LogP contribution in [0, 0.1) is 0 Å². The summed E-state index contributed by atoms with van der Waals surface area (Å²) in [5.41, 5.74) is 3.16. The van der Waals surface area contributed by atoms with Gasteiger partial charge in [-0.25, -0.2) is 5.43 Å². The lowest BCUT2D eigenvalue weighted by Crippen LogP contribution is -2.17. The first-order chi connectivity index (χ1) is 10.1. The highest BCUT2D eigenvalue weighted by molar-refractivity contribution is 9.10. The van der Waals surface area contributed by atoms with Crippen molar-refractivity contribution in [2.45, 2.75) is 0 Å². The summed E-state index contributed by atoms with van der Waals surface area (Å²) in [5, 5.41) is 13.7. The molecule has 21 heavy (non-hydrogen) atoms. The molecule has 1 heterocycles. The molecule has 0 saturated heterocycles. The van der Waals surface area contributed by atoms with Crippen LogP contribution in [0.5, 0.6) is 11.5 Å². The molecule has 0 aliphatic heterocycles. The van der Waals surface area contributed by atoms with E-state index in [9.17, 15) is 9.90 Å². The molecule has 0 spiro atoms. The molecule has 0 saturated carbocycles. The Kier molecular flexibility index (Phi) is 4.89. The highest BCUT2D eigenvalue weighted by Crippen LogP contribution is 2.32. The van der Waals surface area contributed by atoms with Crippen molar-refractivity contribution >= 4 is 28.1 Å². The first kappa shape index (κ1) is 15.0. The molecular weight excluding hydrogens is 338 g/mol. The SMILES string of the molecule is COc1cc(Br)cc(/C=N\NC(=O)c2cccnc2)c1O. The lowest BCUT2D eigenvalue weighted by molar-refractivity contribution is 0.0954. The van der Waals surface area contributed by atoms with Gasteiger partial charge in [0.1, 0.15) is 0 Å². The van der Waals surface area contributed by atoms with E-state index in [4.69, 9.17) is 4.74 Å². The van der Waals surface area contributed by atoms with Crippen molar-refractivity contribution in [1.29, 1.82) is 0 Å². The minimum Gasteiger partial charge on any atom is -0.504 e. The third-order valence-corrected chi connectivity index (χ3v) is 3.04. The number of rotatable bonds is 4. The molecule has 0 fully saturated rings. The summed E-state index contributed by atoms with van der Waals surface area (Å²) in [7, 11) is 1.45. The number of pyridine rings is 1. The molecule has 0 aliphatic rings. The smallest absolute Gasteiger partial charge is 0.272 e. The average molecular weight is 350 g/mol. The van der Waals surface area contributed by atoms with Gasteiger partial charge in [0.05, 0.1) is 18.9 Å². The zero-order chi connectivity index (χ0) is 15.2. The number of aromatic nitrogens is 1. The number of ether oxygens (including phenoxy) is 1. The van der Waals surface area contributed by atoms with Crippen LogP contribution in [0.4, 0.5) is 0 Å². The number of nitrogens with one attached hydrogen (secondary N) is 1. The fourth-order valence-electron chi connectivity index (χ4n) is 1.57. The van der Waals surface area contributed by atoms with E-state index in [0.29, 0.717) is 16.9 Å². The summed E-state index contributed by atoms with van der Waals surface area (Å²) in [6.07, 6.45) is 4.34. The van der Waals surface area contributed by atoms with Gasteiger partial charge in [-0.3, -0.25) is 9.78 Å². The van der Waals surface area contributed by atoms with Gasteiger partial charge in [-0.05, 0) is 24.3 Å². The molecule has 1 aromatic carbocycles. The normalized spacial score (nSPS) is 10.6. The summed E-state index contributed by atoms with van der Waals surface area (Å²) >= 11 is 3.30. The Morgan fingerprint density at radius 1 is 1.52 bits per heavy atom. The number of phenols is 1. The highest BCUT2D eigenvalue weighted by Gasteiger charge is 2.08. The van der Waals surface area contributed by atoms with Gasteiger partial charge in [-0.1, -0.05) is 15.9 Å². The number of nitrogens with zero attached hydrogens (tertiary/aromatic N) is 2. The minimum absolute atomic E-state index is 0.0555. The number of halogens is 1. The van der Waals surface area contributed by atoms with Crippen molar-refractivity contribution in [2.75, 3.05) is 7.11 Å². The summed E-state index contributed by atoms with van der Waals surface area (Å²) in [6.45, 7) is 0. The van der Waals surface area contributed by atoms with Crippen LogP contribution in [0.1, 0.15) is 15.9 Å². The number of phenolic OH excluding ortho intramolecular Hbond substituents is 1. The van der Waals surface area contributed by atoms with E-state index in [-0.39, 0.29) is 11.7 Å². The quantitative estimate of drug-likeness (QED) is 0.655. The van der Waals surface area contributed by atoms with Crippen LogP contribution in [0.2, 0.25) is 0 Å². The van der Waals surface area contributed by atoms with Crippen LogP contribution in [-0.4, -0.2) is 29.3 Å². The van der Waals surface area contributed by atoms with Gasteiger partial charge in [0, 0.05) is 22.4 Å². The van der Waals surface area contributed by atoms with Crippen LogP contribution < -0.4 is 10.2 Å². The number of aromatic hydroxyl groups is 1. The molecule has 108 valence electrons. The zero-order valence-electron chi connectivity index (χ0n) is 11.1. The second-order valence-electron chi connectivity index (χ2n) is 3.99. The van der Waals surface area contributed by atoms with Gasteiger partial charge < -0.3 is 9.84 Å². The summed E-state index contributed by atoms with van der Waals surface area (Å²) in [6, 6.07) is 6.56. The average Bonchev–Trinajstić information content (AvgIpc) is 2.51. The molecule has 0 atom stereocenters. The van der Waals surface area contributed by atoms with Gasteiger partial charge in [0.15, 0.2) is 11.5 Å². The van der Waals surface area contributed by atoms with E-state index >= 15 is 0 Å². The first-order valence-electron chi connectivity index (χ1n) is 5.91. The molecule has 2 N–H and O–H groups in total. The lowest BCUT2D eigenvalue weighted by atomic mass is 10.2. The molecular formula is C14H12BrN3O3. The van der Waals surface area contributed by atoms with Crippen molar-refractivity contribution < 1.29 is 14.6 Å². The van der Waals surface area contributed by atoms with Gasteiger partial charge in [-0.2, -0.15) is 5.10 Å². The topological polar surface area (TPSA) is 83.8 Å². The molecule has 1 aromatic heterocycles. The van der Waals surface area contributed by atoms with E-state index in [0.717, 1.165) is 4.47 Å². The first-order valence-corrected chi connectivity index (χ1v) is 6.71. The third kappa shape index (κ3) is 3.79. The van der Waals surface area contributed by atoms with Crippen molar-refractivity contribution in [3.63, 3.8) is 0 Å². The second-order valence-corrected chi connectivity index (χ2v) is 4.90. The molecule has 0 aliphatic carbocycles. The summed E-state index contributed by atoms with van der Waals surface area (Å²) < 4.78 is 5.75. The minimum atomic E-state index is -0.388. The van der Waals surface area contributed by atoms with Gasteiger partial charge in [0.25, 0.3) is 5.91 Å². The Labute approximate surface area is 129 Å². The maximum absolute atomic E-state index is 11.7. The predicted octanol–water partition coefficient (Wildman–Crippen LogP) is 2.32. The third-order valence-electron chi connectivity index (χ3n) is 2.58. The number of hydrogen-bond acceptors (Lipinski definition) is 5. The number of carbonyl (C=O) groups excluding carboxylic acids is 1. The van der Waals surface area contributed by atoms with E-state index in [2.05, 4.69) is 31.4 Å². The van der Waals surface area contributed by atoms with Gasteiger partial charge >= 0.3 is 0 Å². The second kappa shape index (κ2) is 6.85. The zero-order valence-corrected chi connectivity index (χ0v) is 12.7. The van der Waals surface area contributed by atoms with Gasteiger partial charge in [0.2, 0.25) is 0 Å². The van der Waals surface area contributed by atoms with Crippen molar-refractivity contribution in [3.05, 3.63) is 52.3 Å². The fraction of sp³-hybridized carbons (Fsp3) is 0.0714. The Hall–Kier alpha value is -2.41. The molecule has 2 rings (SSSR count). The molecule has 6 nitrogen and oxygen atoms in total. The maximum Gasteiger partial charge on any atom is 0.272 e. The number of hydrazone groups is 1. The van der Waals surface area contributed by atoms with E-state index in [1.54, 1.807) is 30.5 Å². The molecule has 1 amide bonds. The Morgan fingerprint density at radius 3 is 3.00 bits per heavy atom. The van der Waals surface area contributed by atoms with Crippen LogP contribution in [-0.2, 0) is 0 Å². The summed E-state index contributed by atoms with van der Waals surface area (Å²) in [4.78, 5) is 15.6. The Balaban J connectivity index is 2.12. The Bertz CT molecular complexity index is 675. The number of amides is 1. The van der Waals surface area contributed by atoms with Crippen molar-refractivity contribution in [1.82, 2.24) is 10.4 Å². The molecule has 0 radical (unpaired) electrons. The molecule has 2 aromatic rings. The van der Waals surface area contributed by atoms with Crippen LogP contribution in [0.15, 0.2) is 46.2 Å². The number of benzene rings is 1. The number of carbonyl (C=O) groups is 1. The Morgan fingerprint density at radius 2 is 2.33 bits per heavy atom. The predicted molar refractivity (Wildman–Crippen MR) is 81.7 cm³/mol. The highest BCUT2D eigenvalue weighted by atomic mass is 79.9. The standard InChI is InChI=1S/C14H12BrN3O3/c1-21-12-6-11(15)5-10(13(12)19)8-17-18-14(20)9-3-2-4-16-7-9/h2-8,19H,1H3,(H,18,20)/b17-8-. The van der Waals surface area contributed by atoms with Crippen LogP contribution >= 0.6 is 15.9 Å². The largest absolute Gasteiger partial charge is 0.504 e. The fourth-order valence-corrected chi connectivity index (χ4v) is 2.03. The molecule has 0 unspecified atom stereocenters. The lowest BCUT2D eigenvalue weighted by Gasteiger charge is -2.06.